The summed E-state index contributed by atoms with van der Waals surface area (Å²) in [5.74, 6) is -2.84. The van der Waals surface area contributed by atoms with Crippen LogP contribution in [0, 0.1) is 5.41 Å². The average molecular weight is 426 g/mol. The second-order valence-electron chi connectivity index (χ2n) is 8.97. The van der Waals surface area contributed by atoms with E-state index in [-0.39, 0.29) is 5.41 Å². The van der Waals surface area contributed by atoms with Crippen LogP contribution in [0.5, 0.6) is 0 Å². The Labute approximate surface area is 169 Å². The first-order chi connectivity index (χ1) is 13.3. The Kier molecular flexibility index (Phi) is 8.02. The summed E-state index contributed by atoms with van der Waals surface area (Å²) in [5.41, 5.74) is -0.0988. The number of aliphatic hydroxyl groups excluding tert-OH is 6. The van der Waals surface area contributed by atoms with Crippen LogP contribution in [0.3, 0.4) is 0 Å². The van der Waals surface area contributed by atoms with E-state index >= 15 is 0 Å². The van der Waals surface area contributed by atoms with Gasteiger partial charge in [-0.25, -0.2) is 0 Å². The molecule has 0 aromatic heterocycles. The van der Waals surface area contributed by atoms with Crippen molar-refractivity contribution >= 4 is 0 Å². The van der Waals surface area contributed by atoms with E-state index in [1.807, 2.05) is 20.8 Å². The zero-order chi connectivity index (χ0) is 22.1. The highest BCUT2D eigenvalue weighted by Crippen LogP contribution is 2.36. The number of hydrogen-bond acceptors (Lipinski definition) is 11. The van der Waals surface area contributed by atoms with Crippen LogP contribution in [0.1, 0.15) is 33.6 Å². The van der Waals surface area contributed by atoms with E-state index in [0.717, 1.165) is 0 Å². The van der Waals surface area contributed by atoms with Crippen molar-refractivity contribution in [3.8, 4) is 0 Å². The first-order valence-corrected chi connectivity index (χ1v) is 9.68. The molecular weight excluding hydrogens is 392 g/mol. The SMILES string of the molecule is CC(C)(C)CC[C@@H]1OC(CO)C(O)(O)C(O[C@@H]2OC(CO)[C@H](O)C(O)[C@@H]2O)[C@@H]1O. The first kappa shape index (κ1) is 24.8. The van der Waals surface area contributed by atoms with Crippen LogP contribution >= 0.6 is 0 Å². The molecule has 4 unspecified atom stereocenters. The fraction of sp³-hybridized carbons (Fsp3) is 1.00. The molecule has 0 aromatic rings. The van der Waals surface area contributed by atoms with Gasteiger partial charge in [0.15, 0.2) is 6.29 Å². The number of hydrogen-bond donors (Lipinski definition) is 8. The Morgan fingerprint density at radius 1 is 0.828 bits per heavy atom. The van der Waals surface area contributed by atoms with Crippen molar-refractivity contribution < 1.29 is 55.1 Å². The minimum absolute atomic E-state index is 0.0988. The van der Waals surface area contributed by atoms with E-state index in [9.17, 15) is 40.9 Å². The quantitative estimate of drug-likeness (QED) is 0.200. The van der Waals surface area contributed by atoms with E-state index in [4.69, 9.17) is 14.2 Å². The lowest BCUT2D eigenvalue weighted by atomic mass is 9.84. The predicted octanol–water partition coefficient (Wildman–Crippen LogP) is -3.20. The van der Waals surface area contributed by atoms with Crippen molar-refractivity contribution in [1.29, 1.82) is 0 Å². The largest absolute Gasteiger partial charge is 0.394 e. The molecule has 2 rings (SSSR count). The molecular formula is C18H34O11. The Balaban J connectivity index is 2.22. The van der Waals surface area contributed by atoms with Gasteiger partial charge in [0.1, 0.15) is 42.7 Å². The maximum Gasteiger partial charge on any atom is 0.222 e. The summed E-state index contributed by atoms with van der Waals surface area (Å²) in [4.78, 5) is 0. The summed E-state index contributed by atoms with van der Waals surface area (Å²) in [5, 5.41) is 80.3. The van der Waals surface area contributed by atoms with Gasteiger partial charge < -0.3 is 55.1 Å². The van der Waals surface area contributed by atoms with Gasteiger partial charge >= 0.3 is 0 Å². The summed E-state index contributed by atoms with van der Waals surface area (Å²) in [6.45, 7) is 4.47. The minimum atomic E-state index is -2.84. The van der Waals surface area contributed by atoms with Crippen molar-refractivity contribution in [2.75, 3.05) is 13.2 Å². The van der Waals surface area contributed by atoms with Crippen LogP contribution in [0.2, 0.25) is 0 Å². The summed E-state index contributed by atoms with van der Waals surface area (Å²) in [6.07, 6.45) is -12.9. The standard InChI is InChI=1S/C18H34O11/c1-17(2,3)5-4-8-12(22)15(18(25,26)10(7-20)27-8)29-16-14(24)13(23)11(21)9(6-19)28-16/h8-16,19-26H,4-7H2,1-3H3/t8-,9?,10?,11-,12+,13?,14-,15?,16-/m0/s1. The molecule has 2 aliphatic rings. The Bertz CT molecular complexity index is 520. The lowest BCUT2D eigenvalue weighted by Gasteiger charge is -2.49. The third-order valence-corrected chi connectivity index (χ3v) is 5.40. The molecule has 0 saturated carbocycles. The molecule has 11 heteroatoms. The highest BCUT2D eigenvalue weighted by atomic mass is 16.7. The third-order valence-electron chi connectivity index (χ3n) is 5.40. The van der Waals surface area contributed by atoms with E-state index in [1.54, 1.807) is 0 Å². The van der Waals surface area contributed by atoms with Crippen LogP contribution in [-0.2, 0) is 14.2 Å². The Hall–Kier alpha value is -0.440. The van der Waals surface area contributed by atoms with Crippen molar-refractivity contribution in [3.05, 3.63) is 0 Å². The molecule has 2 heterocycles. The van der Waals surface area contributed by atoms with Gasteiger partial charge in [0, 0.05) is 0 Å². The number of aliphatic hydroxyl groups is 8. The van der Waals surface area contributed by atoms with Gasteiger partial charge in [-0.05, 0) is 18.3 Å². The van der Waals surface area contributed by atoms with Gasteiger partial charge in [0.2, 0.25) is 5.79 Å². The second-order valence-corrected chi connectivity index (χ2v) is 8.97. The van der Waals surface area contributed by atoms with Crippen LogP contribution in [0.15, 0.2) is 0 Å². The topological polar surface area (TPSA) is 190 Å². The Morgan fingerprint density at radius 2 is 1.45 bits per heavy atom. The summed E-state index contributed by atoms with van der Waals surface area (Å²) in [7, 11) is 0. The third kappa shape index (κ3) is 5.43. The normalized spacial score (nSPS) is 43.3. The van der Waals surface area contributed by atoms with Gasteiger partial charge in [0.25, 0.3) is 0 Å². The molecule has 2 aliphatic heterocycles. The molecule has 0 aromatic carbocycles. The van der Waals surface area contributed by atoms with E-state index in [1.165, 1.54) is 0 Å². The van der Waals surface area contributed by atoms with Crippen LogP contribution in [0.4, 0.5) is 0 Å². The molecule has 0 amide bonds. The Morgan fingerprint density at radius 3 is 1.97 bits per heavy atom. The lowest BCUT2D eigenvalue weighted by Crippen LogP contribution is -2.70. The highest BCUT2D eigenvalue weighted by Gasteiger charge is 2.57. The maximum absolute atomic E-state index is 10.7. The van der Waals surface area contributed by atoms with Gasteiger partial charge in [-0.15, -0.1) is 0 Å². The van der Waals surface area contributed by atoms with Gasteiger partial charge in [-0.2, -0.15) is 0 Å². The van der Waals surface area contributed by atoms with E-state index < -0.39 is 74.1 Å². The highest BCUT2D eigenvalue weighted by molar-refractivity contribution is 4.99. The molecule has 0 bridgehead atoms. The monoisotopic (exact) mass is 426 g/mol. The molecule has 2 fully saturated rings. The van der Waals surface area contributed by atoms with Crippen LogP contribution in [0.25, 0.3) is 0 Å². The predicted molar refractivity (Wildman–Crippen MR) is 96.3 cm³/mol. The van der Waals surface area contributed by atoms with Crippen molar-refractivity contribution in [1.82, 2.24) is 0 Å². The van der Waals surface area contributed by atoms with E-state index in [0.29, 0.717) is 12.8 Å². The van der Waals surface area contributed by atoms with Gasteiger partial charge in [-0.1, -0.05) is 20.8 Å². The fourth-order valence-corrected chi connectivity index (χ4v) is 3.52. The number of rotatable bonds is 6. The smallest absolute Gasteiger partial charge is 0.222 e. The van der Waals surface area contributed by atoms with Gasteiger partial charge in [0.05, 0.1) is 19.3 Å². The average Bonchev–Trinajstić information content (AvgIpc) is 2.63. The van der Waals surface area contributed by atoms with E-state index in [2.05, 4.69) is 0 Å². The maximum atomic E-state index is 10.7. The van der Waals surface area contributed by atoms with Crippen molar-refractivity contribution in [3.63, 3.8) is 0 Å². The molecule has 172 valence electrons. The molecule has 9 atom stereocenters. The van der Waals surface area contributed by atoms with Crippen LogP contribution in [-0.4, -0.2) is 115 Å². The number of ether oxygens (including phenoxy) is 3. The fourth-order valence-electron chi connectivity index (χ4n) is 3.52. The molecule has 8 N–H and O–H groups in total. The van der Waals surface area contributed by atoms with Crippen molar-refractivity contribution in [2.24, 2.45) is 5.41 Å². The zero-order valence-electron chi connectivity index (χ0n) is 16.8. The lowest BCUT2D eigenvalue weighted by molar-refractivity contribution is -0.399. The second kappa shape index (κ2) is 9.37. The molecule has 0 spiro atoms. The summed E-state index contributed by atoms with van der Waals surface area (Å²) in [6, 6.07) is 0. The first-order valence-electron chi connectivity index (χ1n) is 9.68. The molecule has 11 nitrogen and oxygen atoms in total. The summed E-state index contributed by atoms with van der Waals surface area (Å²) >= 11 is 0. The molecule has 0 aliphatic carbocycles. The zero-order valence-corrected chi connectivity index (χ0v) is 16.8. The van der Waals surface area contributed by atoms with Gasteiger partial charge in [-0.3, -0.25) is 0 Å². The summed E-state index contributed by atoms with van der Waals surface area (Å²) < 4.78 is 16.1. The minimum Gasteiger partial charge on any atom is -0.394 e. The van der Waals surface area contributed by atoms with Crippen molar-refractivity contribution in [2.45, 2.75) is 94.5 Å². The molecule has 0 radical (unpaired) electrons. The van der Waals surface area contributed by atoms with Crippen LogP contribution < -0.4 is 0 Å². The molecule has 29 heavy (non-hydrogen) atoms. The molecule has 2 saturated heterocycles.